The molecule has 16 heavy (non-hydrogen) atoms. The van der Waals surface area contributed by atoms with Crippen molar-refractivity contribution in [1.82, 2.24) is 4.90 Å². The Labute approximate surface area is 99.4 Å². The lowest BCUT2D eigenvalue weighted by molar-refractivity contribution is -0.151. The third kappa shape index (κ3) is 2.34. The van der Waals surface area contributed by atoms with Gasteiger partial charge in [0.25, 0.3) is 0 Å². The number of carbonyl (C=O) groups excluding carboxylic acids is 1. The molecule has 2 heterocycles. The fraction of sp³-hybridized carbons (Fsp3) is 0.818. The van der Waals surface area contributed by atoms with Crippen LogP contribution >= 0.6 is 11.8 Å². The van der Waals surface area contributed by atoms with Crippen LogP contribution in [0.1, 0.15) is 32.1 Å². The molecule has 0 radical (unpaired) electrons. The zero-order valence-electron chi connectivity index (χ0n) is 9.22. The first-order chi connectivity index (χ1) is 7.70. The Balaban J connectivity index is 2.04. The largest absolute Gasteiger partial charge is 0.480 e. The van der Waals surface area contributed by atoms with Crippen LogP contribution in [-0.4, -0.2) is 45.5 Å². The van der Waals surface area contributed by atoms with E-state index in [1.807, 2.05) is 0 Å². The summed E-state index contributed by atoms with van der Waals surface area (Å²) >= 11 is 1.67. The maximum absolute atomic E-state index is 12.2. The number of rotatable bonds is 2. The third-order valence-corrected chi connectivity index (χ3v) is 4.64. The third-order valence-electron chi connectivity index (χ3n) is 3.28. The van der Waals surface area contributed by atoms with E-state index >= 15 is 0 Å². The van der Waals surface area contributed by atoms with Crippen LogP contribution in [0, 0.1) is 0 Å². The van der Waals surface area contributed by atoms with Gasteiger partial charge in [0.1, 0.15) is 6.04 Å². The lowest BCUT2D eigenvalue weighted by Crippen LogP contribution is -2.50. The Bertz CT molecular complexity index is 289. The zero-order chi connectivity index (χ0) is 11.5. The van der Waals surface area contributed by atoms with Gasteiger partial charge in [0.15, 0.2) is 0 Å². The molecule has 2 saturated heterocycles. The standard InChI is InChI=1S/C11H17NO3S/c13-10(9-5-3-7-16-9)12-6-2-1-4-8(12)11(14)15/h8-9H,1-7H2,(H,14,15)/t8-,9?/m1/s1. The summed E-state index contributed by atoms with van der Waals surface area (Å²) in [6.45, 7) is 0.618. The SMILES string of the molecule is O=C(O)[C@H]1CCCCN1C(=O)C1CCCS1. The molecular weight excluding hydrogens is 226 g/mol. The Kier molecular flexibility index (Phi) is 3.74. The molecule has 0 aromatic heterocycles. The van der Waals surface area contributed by atoms with Gasteiger partial charge in [0.2, 0.25) is 5.91 Å². The van der Waals surface area contributed by atoms with Crippen LogP contribution in [0.15, 0.2) is 0 Å². The van der Waals surface area contributed by atoms with E-state index in [4.69, 9.17) is 5.11 Å². The number of piperidine rings is 1. The minimum Gasteiger partial charge on any atom is -0.480 e. The van der Waals surface area contributed by atoms with E-state index < -0.39 is 12.0 Å². The molecule has 2 aliphatic rings. The van der Waals surface area contributed by atoms with Gasteiger partial charge in [0, 0.05) is 6.54 Å². The zero-order valence-corrected chi connectivity index (χ0v) is 10.0. The van der Waals surface area contributed by atoms with Gasteiger partial charge in [-0.05, 0) is 37.9 Å². The average Bonchev–Trinajstić information content (AvgIpc) is 2.81. The molecule has 0 spiro atoms. The normalized spacial score (nSPS) is 30.4. The lowest BCUT2D eigenvalue weighted by Gasteiger charge is -2.34. The Hall–Kier alpha value is -0.710. The van der Waals surface area contributed by atoms with E-state index in [-0.39, 0.29) is 11.2 Å². The summed E-state index contributed by atoms with van der Waals surface area (Å²) in [5, 5.41) is 9.11. The Morgan fingerprint density at radius 2 is 2.00 bits per heavy atom. The number of likely N-dealkylation sites (tertiary alicyclic amines) is 1. The Morgan fingerprint density at radius 1 is 1.19 bits per heavy atom. The second-order valence-electron chi connectivity index (χ2n) is 4.38. The molecule has 1 unspecified atom stereocenters. The number of nitrogens with zero attached hydrogens (tertiary/aromatic N) is 1. The summed E-state index contributed by atoms with van der Waals surface area (Å²) in [4.78, 5) is 24.8. The summed E-state index contributed by atoms with van der Waals surface area (Å²) in [6.07, 6.45) is 4.45. The van der Waals surface area contributed by atoms with E-state index in [1.165, 1.54) is 0 Å². The highest BCUT2D eigenvalue weighted by Gasteiger charge is 2.36. The number of thioether (sulfide) groups is 1. The molecule has 2 atom stereocenters. The number of carboxylic acid groups (broad SMARTS) is 1. The second kappa shape index (κ2) is 5.08. The Morgan fingerprint density at radius 3 is 2.62 bits per heavy atom. The van der Waals surface area contributed by atoms with Crippen LogP contribution in [0.2, 0.25) is 0 Å². The molecule has 2 fully saturated rings. The quantitative estimate of drug-likeness (QED) is 0.795. The number of hydrogen-bond acceptors (Lipinski definition) is 3. The van der Waals surface area contributed by atoms with Crippen molar-refractivity contribution in [2.75, 3.05) is 12.3 Å². The topological polar surface area (TPSA) is 57.6 Å². The van der Waals surface area contributed by atoms with Crippen LogP contribution in [0.5, 0.6) is 0 Å². The fourth-order valence-electron chi connectivity index (χ4n) is 2.41. The maximum Gasteiger partial charge on any atom is 0.326 e. The van der Waals surface area contributed by atoms with Crippen LogP contribution in [0.4, 0.5) is 0 Å². The molecule has 90 valence electrons. The minimum absolute atomic E-state index is 0.0138. The number of carbonyl (C=O) groups is 2. The molecule has 0 saturated carbocycles. The van der Waals surface area contributed by atoms with E-state index in [0.29, 0.717) is 13.0 Å². The lowest BCUT2D eigenvalue weighted by atomic mass is 10.0. The van der Waals surface area contributed by atoms with Crippen LogP contribution < -0.4 is 0 Å². The number of amides is 1. The van der Waals surface area contributed by atoms with Gasteiger partial charge in [-0.25, -0.2) is 4.79 Å². The van der Waals surface area contributed by atoms with Crippen molar-refractivity contribution in [3.05, 3.63) is 0 Å². The van der Waals surface area contributed by atoms with Gasteiger partial charge in [0.05, 0.1) is 5.25 Å². The highest BCUT2D eigenvalue weighted by atomic mass is 32.2. The highest BCUT2D eigenvalue weighted by Crippen LogP contribution is 2.30. The van der Waals surface area contributed by atoms with Crippen molar-refractivity contribution >= 4 is 23.6 Å². The van der Waals surface area contributed by atoms with Crippen LogP contribution in [0.3, 0.4) is 0 Å². The predicted octanol–water partition coefficient (Wildman–Crippen LogP) is 1.35. The van der Waals surface area contributed by atoms with Crippen molar-refractivity contribution < 1.29 is 14.7 Å². The summed E-state index contributed by atoms with van der Waals surface area (Å²) < 4.78 is 0. The van der Waals surface area contributed by atoms with Crippen LogP contribution in [0.25, 0.3) is 0 Å². The van der Waals surface area contributed by atoms with Gasteiger partial charge < -0.3 is 10.0 Å². The highest BCUT2D eigenvalue weighted by molar-refractivity contribution is 8.00. The van der Waals surface area contributed by atoms with E-state index in [0.717, 1.165) is 31.4 Å². The molecule has 0 aromatic carbocycles. The molecule has 0 aromatic rings. The van der Waals surface area contributed by atoms with Crippen molar-refractivity contribution in [3.63, 3.8) is 0 Å². The molecule has 2 aliphatic heterocycles. The molecule has 0 bridgehead atoms. The number of carboxylic acids is 1. The second-order valence-corrected chi connectivity index (χ2v) is 5.69. The summed E-state index contributed by atoms with van der Waals surface area (Å²) in [7, 11) is 0. The van der Waals surface area contributed by atoms with Crippen molar-refractivity contribution in [2.45, 2.75) is 43.4 Å². The minimum atomic E-state index is -0.851. The smallest absolute Gasteiger partial charge is 0.326 e. The van der Waals surface area contributed by atoms with Crippen molar-refractivity contribution in [2.24, 2.45) is 0 Å². The summed E-state index contributed by atoms with van der Waals surface area (Å²) in [5.74, 6) is 0.229. The number of aliphatic carboxylic acids is 1. The predicted molar refractivity (Wildman–Crippen MR) is 62.5 cm³/mol. The molecule has 5 heteroatoms. The summed E-state index contributed by atoms with van der Waals surface area (Å²) in [6, 6.07) is -0.581. The van der Waals surface area contributed by atoms with E-state index in [9.17, 15) is 9.59 Å². The van der Waals surface area contributed by atoms with Crippen molar-refractivity contribution in [3.8, 4) is 0 Å². The molecule has 2 rings (SSSR count). The van der Waals surface area contributed by atoms with E-state index in [2.05, 4.69) is 0 Å². The monoisotopic (exact) mass is 243 g/mol. The first-order valence-corrected chi connectivity index (χ1v) is 6.90. The molecular formula is C11H17NO3S. The number of hydrogen-bond donors (Lipinski definition) is 1. The van der Waals surface area contributed by atoms with Gasteiger partial charge >= 0.3 is 5.97 Å². The average molecular weight is 243 g/mol. The van der Waals surface area contributed by atoms with Gasteiger partial charge in [-0.3, -0.25) is 4.79 Å². The fourth-order valence-corrected chi connectivity index (χ4v) is 3.64. The van der Waals surface area contributed by atoms with Crippen molar-refractivity contribution in [1.29, 1.82) is 0 Å². The molecule has 1 amide bonds. The molecule has 4 nitrogen and oxygen atoms in total. The van der Waals surface area contributed by atoms with Crippen LogP contribution in [-0.2, 0) is 9.59 Å². The molecule has 1 N–H and O–H groups in total. The van der Waals surface area contributed by atoms with Gasteiger partial charge in [-0.1, -0.05) is 0 Å². The first-order valence-electron chi connectivity index (χ1n) is 5.85. The van der Waals surface area contributed by atoms with Gasteiger partial charge in [-0.15, -0.1) is 11.8 Å². The molecule has 0 aliphatic carbocycles. The van der Waals surface area contributed by atoms with Gasteiger partial charge in [-0.2, -0.15) is 0 Å². The van der Waals surface area contributed by atoms with E-state index in [1.54, 1.807) is 16.7 Å². The first kappa shape index (κ1) is 11.8. The maximum atomic E-state index is 12.2. The summed E-state index contributed by atoms with van der Waals surface area (Å²) in [5.41, 5.74) is 0.